The van der Waals surface area contributed by atoms with Crippen molar-refractivity contribution < 1.29 is 10.9 Å². The molecule has 3 rings (SSSR count). The third-order valence-corrected chi connectivity index (χ3v) is 4.27. The Morgan fingerprint density at radius 2 is 2.20 bits per heavy atom. The van der Waals surface area contributed by atoms with Crippen LogP contribution in [0.1, 0.15) is 14.3 Å². The van der Waals surface area contributed by atoms with Crippen molar-refractivity contribution in [3.63, 3.8) is 0 Å². The Bertz CT molecular complexity index is 807. The number of hydrogen-bond acceptors (Lipinski definition) is 6. The van der Waals surface area contributed by atoms with E-state index in [1.165, 1.54) is 5.70 Å². The molecule has 0 amide bonds. The molecule has 1 aliphatic rings. The smallest absolute Gasteiger partial charge is 0.227 e. The first-order chi connectivity index (χ1) is 12.2. The molecule has 1 aromatic heterocycles. The molecule has 6 heteroatoms. The van der Waals surface area contributed by atoms with Gasteiger partial charge in [-0.25, -0.2) is 9.97 Å². The molecule has 1 heterocycles. The summed E-state index contributed by atoms with van der Waals surface area (Å²) >= 11 is 0. The topological polar surface area (TPSA) is 59.5 Å². The van der Waals surface area contributed by atoms with Crippen LogP contribution in [-0.4, -0.2) is 49.3 Å². The molecular formula is C19H26N4O2. The Morgan fingerprint density at radius 1 is 1.32 bits per heavy atom. The van der Waals surface area contributed by atoms with E-state index in [4.69, 9.17) is 9.47 Å². The van der Waals surface area contributed by atoms with Crippen molar-refractivity contribution in [2.45, 2.75) is 12.8 Å². The Kier molecular flexibility index (Phi) is 5.50. The molecule has 1 N–H and O–H groups in total. The van der Waals surface area contributed by atoms with Gasteiger partial charge in [0.05, 0.1) is 24.9 Å². The lowest BCUT2D eigenvalue weighted by atomic mass is 10.1. The molecule has 0 atom stereocenters. The average molecular weight is 342 g/mol. The normalized spacial score (nSPS) is 14.0. The average Bonchev–Trinajstić information content (AvgIpc) is 2.66. The maximum Gasteiger partial charge on any atom is 0.227 e. The summed E-state index contributed by atoms with van der Waals surface area (Å²) in [7, 11) is 5.46. The molecule has 6 nitrogen and oxygen atoms in total. The van der Waals surface area contributed by atoms with Crippen LogP contribution < -0.4 is 10.1 Å². The molecule has 0 aliphatic heterocycles. The molecular weight excluding hydrogens is 316 g/mol. The number of rotatable bonds is 7. The summed E-state index contributed by atoms with van der Waals surface area (Å²) in [5, 5.41) is 4.32. The highest BCUT2D eigenvalue weighted by Gasteiger charge is 2.14. The second-order valence-electron chi connectivity index (χ2n) is 5.96. The number of hydrogen-bond donors (Lipinski definition) is 1. The van der Waals surface area contributed by atoms with Gasteiger partial charge in [-0.3, -0.25) is 0 Å². The molecule has 134 valence electrons. The van der Waals surface area contributed by atoms with E-state index < -0.39 is 0 Å². The largest absolute Gasteiger partial charge is 0.497 e. The number of benzene rings is 1. The first-order valence-electron chi connectivity index (χ1n) is 8.39. The molecule has 2 aromatic rings. The molecule has 0 fully saturated rings. The quantitative estimate of drug-likeness (QED) is 0.832. The molecule has 1 aliphatic carbocycles. The van der Waals surface area contributed by atoms with Gasteiger partial charge < -0.3 is 19.7 Å². The van der Waals surface area contributed by atoms with Crippen molar-refractivity contribution in [2.75, 3.05) is 39.7 Å². The van der Waals surface area contributed by atoms with E-state index in [0.29, 0.717) is 12.6 Å². The third-order valence-electron chi connectivity index (χ3n) is 4.27. The number of methoxy groups -OCH3 is 2. The number of likely N-dealkylation sites (N-methyl/N-ethyl adjacent to an activating group) is 1. The monoisotopic (exact) mass is 342 g/mol. The number of anilines is 1. The highest BCUT2D eigenvalue weighted by Crippen LogP contribution is 2.24. The maximum absolute atomic E-state index is 5.24. The number of aromatic nitrogens is 2. The van der Waals surface area contributed by atoms with E-state index in [2.05, 4.69) is 39.4 Å². The van der Waals surface area contributed by atoms with Crippen molar-refractivity contribution in [3.8, 4) is 5.75 Å². The number of allylic oxidation sites excluding steroid dienone is 3. The predicted molar refractivity (Wildman–Crippen MR) is 102 cm³/mol. The van der Waals surface area contributed by atoms with Gasteiger partial charge >= 0.3 is 0 Å². The molecule has 0 bridgehead atoms. The molecule has 25 heavy (non-hydrogen) atoms. The van der Waals surface area contributed by atoms with E-state index in [-0.39, 0.29) is 1.43 Å². The number of nitrogens with zero attached hydrogens (tertiary/aromatic N) is 3. The summed E-state index contributed by atoms with van der Waals surface area (Å²) in [6.45, 7) is 1.55. The van der Waals surface area contributed by atoms with Gasteiger partial charge in [0.25, 0.3) is 0 Å². The standard InChI is InChI=1S/C19H24N4O2.H2/c1-23(10-11-24-2)18-7-5-4-6-17(18)22-19-20-13-14-12-15(25-3)8-9-16(14)21-19;/h4,6,8-9,12-13H,5,7,10-11H2,1-3H3,(H,20,21,22);1H. The van der Waals surface area contributed by atoms with Gasteiger partial charge in [0.15, 0.2) is 0 Å². The van der Waals surface area contributed by atoms with Gasteiger partial charge in [-0.2, -0.15) is 0 Å². The molecule has 0 radical (unpaired) electrons. The van der Waals surface area contributed by atoms with Crippen LogP contribution in [0.2, 0.25) is 0 Å². The maximum atomic E-state index is 5.24. The van der Waals surface area contributed by atoms with Gasteiger partial charge in [-0.15, -0.1) is 0 Å². The highest BCUT2D eigenvalue weighted by molar-refractivity contribution is 5.80. The highest BCUT2D eigenvalue weighted by atomic mass is 16.5. The van der Waals surface area contributed by atoms with Crippen LogP contribution in [0, 0.1) is 0 Å². The van der Waals surface area contributed by atoms with Gasteiger partial charge in [-0.05, 0) is 37.1 Å². The summed E-state index contributed by atoms with van der Waals surface area (Å²) < 4.78 is 10.4. The zero-order chi connectivity index (χ0) is 17.6. The van der Waals surface area contributed by atoms with Crippen LogP contribution in [0.15, 0.2) is 47.9 Å². The summed E-state index contributed by atoms with van der Waals surface area (Å²) in [5.74, 6) is 1.40. The second-order valence-corrected chi connectivity index (χ2v) is 5.96. The molecule has 0 saturated heterocycles. The number of nitrogens with one attached hydrogen (secondary N) is 1. The van der Waals surface area contributed by atoms with Crippen LogP contribution in [-0.2, 0) is 4.74 Å². The van der Waals surface area contributed by atoms with Gasteiger partial charge in [0, 0.05) is 39.4 Å². The second kappa shape index (κ2) is 7.98. The fraction of sp³-hybridized carbons (Fsp3) is 0.368. The number of ether oxygens (including phenoxy) is 2. The Morgan fingerprint density at radius 3 is 3.00 bits per heavy atom. The summed E-state index contributed by atoms with van der Waals surface area (Å²) in [6.07, 6.45) is 8.11. The van der Waals surface area contributed by atoms with Crippen LogP contribution >= 0.6 is 0 Å². The lowest BCUT2D eigenvalue weighted by Crippen LogP contribution is -2.26. The molecule has 0 spiro atoms. The fourth-order valence-corrected chi connectivity index (χ4v) is 2.84. The fourth-order valence-electron chi connectivity index (χ4n) is 2.84. The SMILES string of the molecule is COCCN(C)C1=C(Nc2ncc3cc(OC)ccc3n2)C=CCC1.[HH]. The van der Waals surface area contributed by atoms with Crippen molar-refractivity contribution in [3.05, 3.63) is 47.9 Å². The van der Waals surface area contributed by atoms with E-state index in [0.717, 1.165) is 41.7 Å². The lowest BCUT2D eigenvalue weighted by Gasteiger charge is -2.27. The third kappa shape index (κ3) is 4.09. The van der Waals surface area contributed by atoms with Gasteiger partial charge in [0.2, 0.25) is 5.95 Å². The minimum absolute atomic E-state index is 0. The zero-order valence-electron chi connectivity index (χ0n) is 15.0. The van der Waals surface area contributed by atoms with Crippen molar-refractivity contribution in [2.24, 2.45) is 0 Å². The molecule has 0 saturated carbocycles. The number of fused-ring (bicyclic) bond motifs is 1. The van der Waals surface area contributed by atoms with E-state index >= 15 is 0 Å². The van der Waals surface area contributed by atoms with E-state index in [1.807, 2.05) is 24.4 Å². The van der Waals surface area contributed by atoms with E-state index in [1.54, 1.807) is 14.2 Å². The van der Waals surface area contributed by atoms with Crippen molar-refractivity contribution in [1.82, 2.24) is 14.9 Å². The van der Waals surface area contributed by atoms with Crippen LogP contribution in [0.4, 0.5) is 5.95 Å². The van der Waals surface area contributed by atoms with Crippen LogP contribution in [0.25, 0.3) is 10.9 Å². The minimum Gasteiger partial charge on any atom is -0.497 e. The summed E-state index contributed by atoms with van der Waals surface area (Å²) in [6, 6.07) is 5.78. The minimum atomic E-state index is 0. The van der Waals surface area contributed by atoms with Crippen LogP contribution in [0.5, 0.6) is 5.75 Å². The van der Waals surface area contributed by atoms with Crippen molar-refractivity contribution >= 4 is 16.9 Å². The first kappa shape index (κ1) is 17.2. The summed E-state index contributed by atoms with van der Waals surface area (Å²) in [4.78, 5) is 11.3. The predicted octanol–water partition coefficient (Wildman–Crippen LogP) is 3.44. The Balaban J connectivity index is 0.00000243. The van der Waals surface area contributed by atoms with Crippen LogP contribution in [0.3, 0.4) is 0 Å². The van der Waals surface area contributed by atoms with E-state index in [9.17, 15) is 0 Å². The summed E-state index contributed by atoms with van der Waals surface area (Å²) in [5.41, 5.74) is 3.17. The molecule has 0 unspecified atom stereocenters. The van der Waals surface area contributed by atoms with Gasteiger partial charge in [-0.1, -0.05) is 6.08 Å². The zero-order valence-corrected chi connectivity index (χ0v) is 15.0. The van der Waals surface area contributed by atoms with Crippen molar-refractivity contribution in [1.29, 1.82) is 0 Å². The lowest BCUT2D eigenvalue weighted by molar-refractivity contribution is 0.172. The Hall–Kier alpha value is -2.60. The molecule has 1 aromatic carbocycles. The first-order valence-corrected chi connectivity index (χ1v) is 8.39. The Labute approximate surface area is 149 Å². The van der Waals surface area contributed by atoms with Gasteiger partial charge in [0.1, 0.15) is 5.75 Å².